The second-order valence-electron chi connectivity index (χ2n) is 9.28. The lowest BCUT2D eigenvalue weighted by atomic mass is 9.74. The van der Waals surface area contributed by atoms with Gasteiger partial charge in [-0.1, -0.05) is 66.7 Å². The SMILES string of the molecule is CN(C)CC(=O)N1CCCCN2[C@@H](CO)[C@H](c3ccc(C=Cc4ccccc4)cc3)[C@@H]2C1. The van der Waals surface area contributed by atoms with E-state index in [-0.39, 0.29) is 30.5 Å². The first-order valence-corrected chi connectivity index (χ1v) is 11.7. The van der Waals surface area contributed by atoms with Crippen LogP contribution in [-0.2, 0) is 4.79 Å². The van der Waals surface area contributed by atoms with Crippen LogP contribution >= 0.6 is 0 Å². The largest absolute Gasteiger partial charge is 0.395 e. The molecule has 0 saturated carbocycles. The second kappa shape index (κ2) is 10.4. The third-order valence-electron chi connectivity index (χ3n) is 6.76. The maximum absolute atomic E-state index is 12.8. The van der Waals surface area contributed by atoms with Crippen LogP contribution in [0.4, 0.5) is 0 Å². The minimum atomic E-state index is 0.134. The average Bonchev–Trinajstić information content (AvgIpc) is 2.77. The van der Waals surface area contributed by atoms with Crippen LogP contribution in [0.2, 0.25) is 0 Å². The van der Waals surface area contributed by atoms with Crippen LogP contribution in [0.5, 0.6) is 0 Å². The van der Waals surface area contributed by atoms with E-state index in [1.54, 1.807) is 0 Å². The minimum absolute atomic E-state index is 0.134. The number of aliphatic hydroxyl groups excluding tert-OH is 1. The van der Waals surface area contributed by atoms with Crippen molar-refractivity contribution in [3.8, 4) is 0 Å². The van der Waals surface area contributed by atoms with E-state index in [9.17, 15) is 9.90 Å². The second-order valence-corrected chi connectivity index (χ2v) is 9.28. The highest BCUT2D eigenvalue weighted by molar-refractivity contribution is 5.78. The number of carbonyl (C=O) groups excluding carboxylic acids is 1. The highest BCUT2D eigenvalue weighted by Crippen LogP contribution is 2.42. The Morgan fingerprint density at radius 3 is 2.31 bits per heavy atom. The predicted molar refractivity (Wildman–Crippen MR) is 130 cm³/mol. The molecule has 4 rings (SSSR count). The lowest BCUT2D eigenvalue weighted by molar-refractivity contribution is -0.137. The van der Waals surface area contributed by atoms with Gasteiger partial charge in [0.05, 0.1) is 13.2 Å². The molecule has 0 unspecified atom stereocenters. The van der Waals surface area contributed by atoms with E-state index < -0.39 is 0 Å². The lowest BCUT2D eigenvalue weighted by Gasteiger charge is -2.57. The molecule has 0 aromatic heterocycles. The Hall–Kier alpha value is -2.47. The molecule has 2 aromatic rings. The Morgan fingerprint density at radius 2 is 1.66 bits per heavy atom. The molecular weight excluding hydrogens is 398 g/mol. The molecule has 0 bridgehead atoms. The Labute approximate surface area is 191 Å². The highest BCUT2D eigenvalue weighted by atomic mass is 16.3. The van der Waals surface area contributed by atoms with Gasteiger partial charge >= 0.3 is 0 Å². The van der Waals surface area contributed by atoms with Gasteiger partial charge in [0.15, 0.2) is 0 Å². The number of rotatable bonds is 6. The molecule has 1 N–H and O–H groups in total. The van der Waals surface area contributed by atoms with Crippen molar-refractivity contribution in [1.82, 2.24) is 14.7 Å². The van der Waals surface area contributed by atoms with Gasteiger partial charge in [-0.2, -0.15) is 0 Å². The fourth-order valence-corrected chi connectivity index (χ4v) is 5.12. The summed E-state index contributed by atoms with van der Waals surface area (Å²) in [4.78, 5) is 19.2. The molecule has 0 spiro atoms. The third-order valence-corrected chi connectivity index (χ3v) is 6.76. The topological polar surface area (TPSA) is 47.0 Å². The number of carbonyl (C=O) groups is 1. The van der Waals surface area contributed by atoms with Gasteiger partial charge in [0, 0.05) is 31.1 Å². The van der Waals surface area contributed by atoms with E-state index in [4.69, 9.17) is 0 Å². The van der Waals surface area contributed by atoms with Crippen molar-refractivity contribution in [2.45, 2.75) is 30.8 Å². The maximum atomic E-state index is 12.8. The first kappa shape index (κ1) is 22.7. The summed E-state index contributed by atoms with van der Waals surface area (Å²) in [6.45, 7) is 3.17. The lowest BCUT2D eigenvalue weighted by Crippen LogP contribution is -2.68. The van der Waals surface area contributed by atoms with E-state index in [1.165, 1.54) is 11.1 Å². The van der Waals surface area contributed by atoms with Gasteiger partial charge in [-0.05, 0) is 50.2 Å². The Morgan fingerprint density at radius 1 is 1.00 bits per heavy atom. The van der Waals surface area contributed by atoms with Crippen LogP contribution in [0.1, 0.15) is 35.4 Å². The van der Waals surface area contributed by atoms with Gasteiger partial charge in [0.25, 0.3) is 0 Å². The summed E-state index contributed by atoms with van der Waals surface area (Å²) in [7, 11) is 3.88. The van der Waals surface area contributed by atoms with Crippen molar-refractivity contribution in [2.24, 2.45) is 0 Å². The number of aliphatic hydroxyl groups is 1. The van der Waals surface area contributed by atoms with Crippen molar-refractivity contribution in [3.05, 3.63) is 71.3 Å². The maximum Gasteiger partial charge on any atom is 0.236 e. The zero-order chi connectivity index (χ0) is 22.5. The third kappa shape index (κ3) is 5.12. The van der Waals surface area contributed by atoms with Crippen molar-refractivity contribution in [2.75, 3.05) is 46.9 Å². The van der Waals surface area contributed by atoms with Gasteiger partial charge in [-0.15, -0.1) is 0 Å². The normalized spacial score (nSPS) is 24.1. The molecule has 5 heteroatoms. The van der Waals surface area contributed by atoms with E-state index in [0.29, 0.717) is 6.54 Å². The fraction of sp³-hybridized carbons (Fsp3) is 0.444. The number of amides is 1. The first-order chi connectivity index (χ1) is 15.6. The summed E-state index contributed by atoms with van der Waals surface area (Å²) in [6, 6.07) is 19.4. The standard InChI is InChI=1S/C27H35N3O2/c1-28(2)19-26(32)29-16-6-7-17-30-24(18-29)27(25(30)20-31)23-14-12-22(13-15-23)11-10-21-8-4-3-5-9-21/h3-5,8-15,24-25,27,31H,6-7,16-20H2,1-2H3/t24-,25-,27+/m0/s1. The van der Waals surface area contributed by atoms with E-state index in [0.717, 1.165) is 38.0 Å². The van der Waals surface area contributed by atoms with Crippen LogP contribution in [0, 0.1) is 0 Å². The Kier molecular flexibility index (Phi) is 7.40. The molecule has 2 heterocycles. The Balaban J connectivity index is 1.49. The van der Waals surface area contributed by atoms with Crippen LogP contribution in [0.15, 0.2) is 54.6 Å². The molecule has 3 atom stereocenters. The molecule has 2 aliphatic rings. The fourth-order valence-electron chi connectivity index (χ4n) is 5.12. The van der Waals surface area contributed by atoms with E-state index in [2.05, 4.69) is 53.5 Å². The number of nitrogens with zero attached hydrogens (tertiary/aromatic N) is 3. The van der Waals surface area contributed by atoms with Gasteiger partial charge in [-0.25, -0.2) is 0 Å². The van der Waals surface area contributed by atoms with Crippen molar-refractivity contribution in [3.63, 3.8) is 0 Å². The number of benzene rings is 2. The predicted octanol–water partition coefficient (Wildman–Crippen LogP) is 3.17. The van der Waals surface area contributed by atoms with Gasteiger partial charge in [-0.3, -0.25) is 9.69 Å². The van der Waals surface area contributed by atoms with E-state index in [1.807, 2.05) is 42.1 Å². The summed E-state index contributed by atoms with van der Waals surface area (Å²) < 4.78 is 0. The first-order valence-electron chi connectivity index (χ1n) is 11.7. The summed E-state index contributed by atoms with van der Waals surface area (Å²) in [5.74, 6) is 0.448. The number of fused-ring (bicyclic) bond motifs is 1. The molecule has 2 fully saturated rings. The summed E-state index contributed by atoms with van der Waals surface area (Å²) in [5.41, 5.74) is 3.60. The smallest absolute Gasteiger partial charge is 0.236 e. The molecule has 5 nitrogen and oxygen atoms in total. The quantitative estimate of drug-likeness (QED) is 0.711. The molecule has 2 aromatic carbocycles. The van der Waals surface area contributed by atoms with E-state index >= 15 is 0 Å². The zero-order valence-corrected chi connectivity index (χ0v) is 19.2. The number of hydrogen-bond acceptors (Lipinski definition) is 4. The molecule has 32 heavy (non-hydrogen) atoms. The number of hydrogen-bond donors (Lipinski definition) is 1. The number of likely N-dealkylation sites (N-methyl/N-ethyl adjacent to an activating group) is 1. The Bertz CT molecular complexity index is 910. The molecule has 2 aliphatic heterocycles. The molecule has 1 amide bonds. The van der Waals surface area contributed by atoms with Gasteiger partial charge in [0.2, 0.25) is 5.91 Å². The van der Waals surface area contributed by atoms with Gasteiger partial charge < -0.3 is 14.9 Å². The molecule has 2 saturated heterocycles. The van der Waals surface area contributed by atoms with Crippen LogP contribution in [0.3, 0.4) is 0 Å². The summed E-state index contributed by atoms with van der Waals surface area (Å²) in [5, 5.41) is 10.1. The van der Waals surface area contributed by atoms with Gasteiger partial charge in [0.1, 0.15) is 0 Å². The molecule has 170 valence electrons. The van der Waals surface area contributed by atoms with Crippen molar-refractivity contribution < 1.29 is 9.90 Å². The van der Waals surface area contributed by atoms with Crippen LogP contribution in [0.25, 0.3) is 12.2 Å². The molecule has 0 radical (unpaired) electrons. The van der Waals surface area contributed by atoms with Crippen LogP contribution < -0.4 is 0 Å². The molecule has 0 aliphatic carbocycles. The summed E-state index contributed by atoms with van der Waals surface area (Å²) >= 11 is 0. The van der Waals surface area contributed by atoms with Crippen molar-refractivity contribution in [1.29, 1.82) is 0 Å². The average molecular weight is 434 g/mol. The van der Waals surface area contributed by atoms with Crippen molar-refractivity contribution >= 4 is 18.1 Å². The minimum Gasteiger partial charge on any atom is -0.395 e. The summed E-state index contributed by atoms with van der Waals surface area (Å²) in [6.07, 6.45) is 6.34. The zero-order valence-electron chi connectivity index (χ0n) is 19.2. The highest BCUT2D eigenvalue weighted by Gasteiger charge is 2.49. The van der Waals surface area contributed by atoms with Crippen LogP contribution in [-0.4, -0.2) is 84.7 Å². The monoisotopic (exact) mass is 433 g/mol. The molecular formula is C27H35N3O2.